The van der Waals surface area contributed by atoms with E-state index in [1.807, 2.05) is 24.3 Å². The first-order valence-corrected chi connectivity index (χ1v) is 13.4. The summed E-state index contributed by atoms with van der Waals surface area (Å²) in [5, 5.41) is 47.1. The van der Waals surface area contributed by atoms with Crippen LogP contribution in [0.1, 0.15) is 24.8 Å². The summed E-state index contributed by atoms with van der Waals surface area (Å²) in [5.41, 5.74) is 8.12. The molecule has 40 heavy (non-hydrogen) atoms. The first kappa shape index (κ1) is 29.3. The van der Waals surface area contributed by atoms with Gasteiger partial charge in [0.2, 0.25) is 0 Å². The molecule has 0 saturated carbocycles. The molecule has 0 aromatic heterocycles. The first-order valence-electron chi connectivity index (χ1n) is 13.4. The van der Waals surface area contributed by atoms with Gasteiger partial charge in [0.05, 0.1) is 6.54 Å². The van der Waals surface area contributed by atoms with Gasteiger partial charge in [-0.25, -0.2) is 0 Å². The van der Waals surface area contributed by atoms with E-state index in [0.717, 1.165) is 29.4 Å². The molecule has 0 bridgehead atoms. The first-order chi connectivity index (χ1) is 19.3. The number of methoxy groups -OCH3 is 1. The van der Waals surface area contributed by atoms with Crippen LogP contribution in [-0.2, 0) is 14.3 Å². The molecule has 2 saturated heterocycles. The van der Waals surface area contributed by atoms with Crippen molar-refractivity contribution in [3.63, 3.8) is 0 Å². The summed E-state index contributed by atoms with van der Waals surface area (Å²) < 4.78 is 10.4. The van der Waals surface area contributed by atoms with E-state index in [1.54, 1.807) is 6.08 Å². The number of ether oxygens (including phenoxy) is 2. The number of rotatable bonds is 9. The van der Waals surface area contributed by atoms with Crippen LogP contribution in [0.5, 0.6) is 0 Å². The molecule has 5 atom stereocenters. The molecule has 1 amide bonds. The van der Waals surface area contributed by atoms with Gasteiger partial charge in [0, 0.05) is 44.3 Å². The standard InChI is InChI=1S/C29H37N5O6/c1-39-29-27(37)26(36)25(35)24(40-29)17-32-15-22(31)16-33-28(38)21(14-30)12-18-5-6-20-13-23(8-7-19(20)11-18)34-9-3-2-4-10-34/h5-8,11-13,15,24-27,29,32,35-37H,2-4,9-10,16-17,31H2,1H3,(H,33,38)/b21-12+,22-15-. The van der Waals surface area contributed by atoms with E-state index in [9.17, 15) is 25.4 Å². The van der Waals surface area contributed by atoms with Crippen molar-refractivity contribution >= 4 is 28.4 Å². The molecular weight excluding hydrogens is 514 g/mol. The van der Waals surface area contributed by atoms with Crippen LogP contribution in [0, 0.1) is 11.3 Å². The maximum atomic E-state index is 12.6. The van der Waals surface area contributed by atoms with Crippen LogP contribution in [0.2, 0.25) is 0 Å². The SMILES string of the molecule is COC1OC(CN/C=C(\N)CNC(=O)/C(C#N)=C/c2ccc3cc(N4CCCCC4)ccc3c2)C(O)C(O)C1O. The summed E-state index contributed by atoms with van der Waals surface area (Å²) in [7, 11) is 1.32. The van der Waals surface area contributed by atoms with E-state index in [1.165, 1.54) is 38.3 Å². The average Bonchev–Trinajstić information content (AvgIpc) is 2.98. The second-order valence-corrected chi connectivity index (χ2v) is 10.1. The number of hydrogen-bond acceptors (Lipinski definition) is 10. The molecule has 2 fully saturated rings. The number of carbonyl (C=O) groups is 1. The van der Waals surface area contributed by atoms with Gasteiger partial charge >= 0.3 is 0 Å². The quantitative estimate of drug-likeness (QED) is 0.192. The van der Waals surface area contributed by atoms with E-state index in [4.69, 9.17) is 15.2 Å². The molecule has 11 nitrogen and oxygen atoms in total. The van der Waals surface area contributed by atoms with E-state index in [2.05, 4.69) is 33.7 Å². The lowest BCUT2D eigenvalue weighted by Crippen LogP contribution is -2.59. The lowest BCUT2D eigenvalue weighted by molar-refractivity contribution is -0.288. The second-order valence-electron chi connectivity index (χ2n) is 10.1. The summed E-state index contributed by atoms with van der Waals surface area (Å²) in [4.78, 5) is 15.0. The van der Waals surface area contributed by atoms with Crippen molar-refractivity contribution in [3.05, 3.63) is 59.4 Å². The number of amides is 1. The smallest absolute Gasteiger partial charge is 0.262 e. The van der Waals surface area contributed by atoms with Crippen molar-refractivity contribution in [1.82, 2.24) is 10.6 Å². The zero-order chi connectivity index (χ0) is 28.6. The lowest BCUT2D eigenvalue weighted by atomic mass is 9.99. The van der Waals surface area contributed by atoms with Crippen molar-refractivity contribution in [1.29, 1.82) is 5.26 Å². The van der Waals surface area contributed by atoms with Crippen LogP contribution in [0.3, 0.4) is 0 Å². The molecule has 2 aromatic rings. The molecule has 11 heteroatoms. The average molecular weight is 552 g/mol. The van der Waals surface area contributed by atoms with Crippen molar-refractivity contribution < 1.29 is 29.6 Å². The molecule has 7 N–H and O–H groups in total. The molecule has 2 heterocycles. The van der Waals surface area contributed by atoms with Gasteiger partial charge in [0.15, 0.2) is 6.29 Å². The molecule has 4 rings (SSSR count). The minimum Gasteiger partial charge on any atom is -0.399 e. The number of carbonyl (C=O) groups excluding carboxylic acids is 1. The Morgan fingerprint density at radius 3 is 2.58 bits per heavy atom. The highest BCUT2D eigenvalue weighted by Crippen LogP contribution is 2.26. The molecule has 5 unspecified atom stereocenters. The van der Waals surface area contributed by atoms with Gasteiger partial charge in [0.1, 0.15) is 36.1 Å². The number of anilines is 1. The molecule has 2 aromatic carbocycles. The topological polar surface area (TPSA) is 173 Å². The fraction of sp³-hybridized carbons (Fsp3) is 0.448. The Balaban J connectivity index is 1.31. The molecule has 2 aliphatic rings. The zero-order valence-corrected chi connectivity index (χ0v) is 22.5. The van der Waals surface area contributed by atoms with Crippen LogP contribution in [0.15, 0.2) is 53.9 Å². The van der Waals surface area contributed by atoms with Crippen molar-refractivity contribution in [2.24, 2.45) is 5.73 Å². The third kappa shape index (κ3) is 7.10. The van der Waals surface area contributed by atoms with Gasteiger partial charge < -0.3 is 46.1 Å². The Morgan fingerprint density at radius 1 is 1.12 bits per heavy atom. The Kier molecular flexibility index (Phi) is 9.98. The normalized spacial score (nSPS) is 25.9. The molecule has 2 aliphatic heterocycles. The van der Waals surface area contributed by atoms with Gasteiger partial charge in [-0.3, -0.25) is 4.79 Å². The van der Waals surface area contributed by atoms with E-state index in [0.29, 0.717) is 0 Å². The van der Waals surface area contributed by atoms with Gasteiger partial charge in [-0.15, -0.1) is 0 Å². The van der Waals surface area contributed by atoms with E-state index >= 15 is 0 Å². The highest BCUT2D eigenvalue weighted by molar-refractivity contribution is 6.02. The number of nitrogens with two attached hydrogens (primary N) is 1. The Labute approximate surface area is 233 Å². The van der Waals surface area contributed by atoms with E-state index in [-0.39, 0.29) is 24.4 Å². The van der Waals surface area contributed by atoms with Crippen LogP contribution >= 0.6 is 0 Å². The van der Waals surface area contributed by atoms with Crippen molar-refractivity contribution in [2.75, 3.05) is 38.2 Å². The van der Waals surface area contributed by atoms with Gasteiger partial charge in [-0.05, 0) is 59.9 Å². The minimum atomic E-state index is -1.43. The molecule has 0 aliphatic carbocycles. The largest absolute Gasteiger partial charge is 0.399 e. The van der Waals surface area contributed by atoms with Gasteiger partial charge in [-0.2, -0.15) is 5.26 Å². The summed E-state index contributed by atoms with van der Waals surface area (Å²) in [6.07, 6.45) is 0.584. The number of benzene rings is 2. The number of nitrogens with zero attached hydrogens (tertiary/aromatic N) is 2. The third-order valence-electron chi connectivity index (χ3n) is 7.21. The predicted octanol–water partition coefficient (Wildman–Crippen LogP) is 0.697. The highest BCUT2D eigenvalue weighted by Gasteiger charge is 2.43. The Bertz CT molecular complexity index is 1280. The number of fused-ring (bicyclic) bond motifs is 1. The van der Waals surface area contributed by atoms with Crippen LogP contribution < -0.4 is 21.3 Å². The van der Waals surface area contributed by atoms with Crippen molar-refractivity contribution in [3.8, 4) is 6.07 Å². The van der Waals surface area contributed by atoms with E-state index < -0.39 is 36.6 Å². The van der Waals surface area contributed by atoms with Crippen LogP contribution in [-0.4, -0.2) is 85.2 Å². The summed E-state index contributed by atoms with van der Waals surface area (Å²) in [6.45, 7) is 2.18. The number of nitriles is 1. The van der Waals surface area contributed by atoms with Gasteiger partial charge in [-0.1, -0.05) is 18.2 Å². The van der Waals surface area contributed by atoms with Crippen molar-refractivity contribution in [2.45, 2.75) is 50.0 Å². The number of piperidine rings is 1. The summed E-state index contributed by atoms with van der Waals surface area (Å²) in [5.74, 6) is -0.564. The second kappa shape index (κ2) is 13.6. The molecule has 0 spiro atoms. The van der Waals surface area contributed by atoms with Gasteiger partial charge in [0.25, 0.3) is 5.91 Å². The Morgan fingerprint density at radius 2 is 1.85 bits per heavy atom. The highest BCUT2D eigenvalue weighted by atomic mass is 16.7. The predicted molar refractivity (Wildman–Crippen MR) is 151 cm³/mol. The molecular formula is C29H37N5O6. The monoisotopic (exact) mass is 551 g/mol. The maximum Gasteiger partial charge on any atom is 0.262 e. The van der Waals surface area contributed by atoms with Crippen LogP contribution in [0.25, 0.3) is 16.8 Å². The number of aliphatic hydroxyl groups is 3. The number of nitrogens with one attached hydrogen (secondary N) is 2. The lowest BCUT2D eigenvalue weighted by Gasteiger charge is -2.39. The summed E-state index contributed by atoms with van der Waals surface area (Å²) >= 11 is 0. The maximum absolute atomic E-state index is 12.6. The number of hydrogen-bond donors (Lipinski definition) is 6. The zero-order valence-electron chi connectivity index (χ0n) is 22.5. The Hall–Kier alpha value is -3.66. The summed E-state index contributed by atoms with van der Waals surface area (Å²) in [6, 6.07) is 14.1. The van der Waals surface area contributed by atoms with Crippen LogP contribution in [0.4, 0.5) is 5.69 Å². The number of aliphatic hydroxyl groups excluding tert-OH is 3. The fourth-order valence-corrected chi connectivity index (χ4v) is 4.92. The third-order valence-corrected chi connectivity index (χ3v) is 7.21. The molecule has 214 valence electrons. The fourth-order valence-electron chi connectivity index (χ4n) is 4.92. The minimum absolute atomic E-state index is 0.0298. The molecule has 0 radical (unpaired) electrons.